The Balaban J connectivity index is 1.84. The molecule has 116 valence electrons. The smallest absolute Gasteiger partial charge is 0.126 e. The van der Waals surface area contributed by atoms with Crippen LogP contribution in [0.25, 0.3) is 0 Å². The number of nitrogens with one attached hydrogen (secondary N) is 1. The lowest BCUT2D eigenvalue weighted by Crippen LogP contribution is -2.64. The molecule has 0 saturated carbocycles. The van der Waals surface area contributed by atoms with Gasteiger partial charge in [-0.1, -0.05) is 19.1 Å². The van der Waals surface area contributed by atoms with Crippen molar-refractivity contribution in [3.05, 3.63) is 35.1 Å². The van der Waals surface area contributed by atoms with Crippen molar-refractivity contribution in [3.63, 3.8) is 0 Å². The van der Waals surface area contributed by atoms with Crippen LogP contribution in [0.5, 0.6) is 0 Å². The van der Waals surface area contributed by atoms with Crippen LogP contribution in [-0.2, 0) is 0 Å². The second-order valence-electron chi connectivity index (χ2n) is 6.34. The molecule has 3 saturated heterocycles. The number of fused-ring (bicyclic) bond motifs is 3. The van der Waals surface area contributed by atoms with Gasteiger partial charge in [0, 0.05) is 44.8 Å². The largest absolute Gasteiger partial charge is 0.309 e. The standard InChI is InChI=1S/C17H26FN3/c1-3-6-19-17(14-5-4-13(2)15(18)11-14)16-12-20-7-9-21(16)10-8-20/h4-5,11,16-17,19H,3,6-10,12H2,1-2H3. The lowest BCUT2D eigenvalue weighted by molar-refractivity contribution is -0.00368. The van der Waals surface area contributed by atoms with Gasteiger partial charge in [-0.15, -0.1) is 0 Å². The number of aryl methyl sites for hydroxylation is 1. The van der Waals surface area contributed by atoms with Crippen LogP contribution < -0.4 is 5.32 Å². The van der Waals surface area contributed by atoms with Gasteiger partial charge in [0.1, 0.15) is 5.82 Å². The van der Waals surface area contributed by atoms with Gasteiger partial charge in [0.05, 0.1) is 0 Å². The van der Waals surface area contributed by atoms with Crippen LogP contribution in [0.2, 0.25) is 0 Å². The third kappa shape index (κ3) is 3.12. The fourth-order valence-corrected chi connectivity index (χ4v) is 3.55. The highest BCUT2D eigenvalue weighted by atomic mass is 19.1. The third-order valence-electron chi connectivity index (χ3n) is 4.88. The fourth-order valence-electron chi connectivity index (χ4n) is 3.55. The van der Waals surface area contributed by atoms with Crippen LogP contribution in [0.3, 0.4) is 0 Å². The van der Waals surface area contributed by atoms with Crippen LogP contribution >= 0.6 is 0 Å². The van der Waals surface area contributed by atoms with Crippen LogP contribution in [0.1, 0.15) is 30.5 Å². The predicted octanol–water partition coefficient (Wildman–Crippen LogP) is 2.17. The van der Waals surface area contributed by atoms with Crippen molar-refractivity contribution in [2.24, 2.45) is 0 Å². The van der Waals surface area contributed by atoms with Gasteiger partial charge in [-0.25, -0.2) is 4.39 Å². The Labute approximate surface area is 127 Å². The van der Waals surface area contributed by atoms with Gasteiger partial charge < -0.3 is 5.32 Å². The highest BCUT2D eigenvalue weighted by Crippen LogP contribution is 2.28. The highest BCUT2D eigenvalue weighted by Gasteiger charge is 2.37. The summed E-state index contributed by atoms with van der Waals surface area (Å²) in [5.41, 5.74) is 1.81. The molecule has 0 aliphatic carbocycles. The van der Waals surface area contributed by atoms with E-state index in [1.54, 1.807) is 6.07 Å². The second kappa shape index (κ2) is 6.42. The minimum absolute atomic E-state index is 0.0907. The first-order valence-corrected chi connectivity index (χ1v) is 8.15. The van der Waals surface area contributed by atoms with Gasteiger partial charge in [-0.05, 0) is 37.1 Å². The summed E-state index contributed by atoms with van der Waals surface area (Å²) in [6, 6.07) is 6.40. The minimum Gasteiger partial charge on any atom is -0.309 e. The number of halogens is 1. The maximum absolute atomic E-state index is 14.0. The Morgan fingerprint density at radius 3 is 2.62 bits per heavy atom. The summed E-state index contributed by atoms with van der Waals surface area (Å²) >= 11 is 0. The molecule has 1 aromatic rings. The van der Waals surface area contributed by atoms with Gasteiger partial charge in [0.25, 0.3) is 0 Å². The van der Waals surface area contributed by atoms with E-state index in [0.717, 1.165) is 43.7 Å². The van der Waals surface area contributed by atoms with Crippen LogP contribution in [0.4, 0.5) is 4.39 Å². The molecule has 2 atom stereocenters. The van der Waals surface area contributed by atoms with Crippen molar-refractivity contribution < 1.29 is 4.39 Å². The molecule has 0 amide bonds. The van der Waals surface area contributed by atoms with Crippen LogP contribution in [0, 0.1) is 12.7 Å². The zero-order valence-corrected chi connectivity index (χ0v) is 13.1. The van der Waals surface area contributed by atoms with E-state index in [1.165, 1.54) is 13.1 Å². The topological polar surface area (TPSA) is 18.5 Å². The lowest BCUT2D eigenvalue weighted by atomic mass is 9.93. The van der Waals surface area contributed by atoms with E-state index < -0.39 is 0 Å². The average Bonchev–Trinajstić information content (AvgIpc) is 2.52. The van der Waals surface area contributed by atoms with Gasteiger partial charge in [0.2, 0.25) is 0 Å². The van der Waals surface area contributed by atoms with E-state index in [0.29, 0.717) is 6.04 Å². The summed E-state index contributed by atoms with van der Waals surface area (Å²) in [6.07, 6.45) is 1.10. The van der Waals surface area contributed by atoms with Crippen LogP contribution in [-0.4, -0.2) is 55.1 Å². The van der Waals surface area contributed by atoms with Crippen molar-refractivity contribution in [2.75, 3.05) is 39.3 Å². The maximum Gasteiger partial charge on any atom is 0.126 e. The Hall–Kier alpha value is -0.970. The molecular formula is C17H26FN3. The molecule has 3 heterocycles. The molecule has 2 bridgehead atoms. The van der Waals surface area contributed by atoms with E-state index in [1.807, 2.05) is 13.0 Å². The van der Waals surface area contributed by atoms with E-state index in [-0.39, 0.29) is 11.9 Å². The summed E-state index contributed by atoms with van der Waals surface area (Å²) in [4.78, 5) is 5.11. The molecule has 21 heavy (non-hydrogen) atoms. The first kappa shape index (κ1) is 14.9. The molecule has 4 rings (SSSR count). The number of hydrogen-bond donors (Lipinski definition) is 1. The summed E-state index contributed by atoms with van der Waals surface area (Å²) in [5.74, 6) is -0.0907. The molecule has 4 heteroatoms. The zero-order valence-electron chi connectivity index (χ0n) is 13.1. The van der Waals surface area contributed by atoms with Gasteiger partial charge in [-0.2, -0.15) is 0 Å². The van der Waals surface area contributed by atoms with E-state index in [9.17, 15) is 4.39 Å². The quantitative estimate of drug-likeness (QED) is 0.897. The summed E-state index contributed by atoms with van der Waals surface area (Å²) in [6.45, 7) is 10.7. The molecule has 0 aromatic heterocycles. The highest BCUT2D eigenvalue weighted by molar-refractivity contribution is 5.27. The van der Waals surface area contributed by atoms with Crippen molar-refractivity contribution >= 4 is 0 Å². The zero-order chi connectivity index (χ0) is 14.8. The SMILES string of the molecule is CCCNC(c1ccc(C)c(F)c1)C1CN2CCN1CC2. The normalized spacial score (nSPS) is 29.6. The molecule has 3 aliphatic rings. The van der Waals surface area contributed by atoms with E-state index >= 15 is 0 Å². The molecule has 3 fully saturated rings. The maximum atomic E-state index is 14.0. The van der Waals surface area contributed by atoms with E-state index in [4.69, 9.17) is 0 Å². The number of hydrogen-bond acceptors (Lipinski definition) is 3. The Kier molecular flexibility index (Phi) is 4.57. The monoisotopic (exact) mass is 291 g/mol. The third-order valence-corrected chi connectivity index (χ3v) is 4.88. The molecule has 3 nitrogen and oxygen atoms in total. The summed E-state index contributed by atoms with van der Waals surface area (Å²) in [7, 11) is 0. The van der Waals surface area contributed by atoms with Crippen molar-refractivity contribution in [3.8, 4) is 0 Å². The molecule has 3 aliphatic heterocycles. The van der Waals surface area contributed by atoms with Gasteiger partial charge in [0.15, 0.2) is 0 Å². The van der Waals surface area contributed by atoms with Crippen molar-refractivity contribution in [1.82, 2.24) is 15.1 Å². The van der Waals surface area contributed by atoms with Crippen LogP contribution in [0.15, 0.2) is 18.2 Å². The number of nitrogens with zero attached hydrogens (tertiary/aromatic N) is 2. The Morgan fingerprint density at radius 2 is 2.05 bits per heavy atom. The van der Waals surface area contributed by atoms with Gasteiger partial charge in [-0.3, -0.25) is 9.80 Å². The summed E-state index contributed by atoms with van der Waals surface area (Å²) in [5, 5.41) is 3.65. The first-order valence-electron chi connectivity index (χ1n) is 8.15. The lowest BCUT2D eigenvalue weighted by Gasteiger charge is -2.50. The van der Waals surface area contributed by atoms with Crippen molar-refractivity contribution in [2.45, 2.75) is 32.4 Å². The summed E-state index contributed by atoms with van der Waals surface area (Å²) < 4.78 is 14.0. The molecule has 1 N–H and O–H groups in total. The fraction of sp³-hybridized carbons (Fsp3) is 0.647. The van der Waals surface area contributed by atoms with Crippen molar-refractivity contribution in [1.29, 1.82) is 0 Å². The number of piperazine rings is 3. The van der Waals surface area contributed by atoms with E-state index in [2.05, 4.69) is 28.1 Å². The predicted molar refractivity (Wildman–Crippen MR) is 84.0 cm³/mol. The number of rotatable bonds is 5. The Bertz CT molecular complexity index is 483. The average molecular weight is 291 g/mol. The molecule has 0 radical (unpaired) electrons. The number of benzene rings is 1. The molecular weight excluding hydrogens is 265 g/mol. The van der Waals surface area contributed by atoms with Gasteiger partial charge >= 0.3 is 0 Å². The minimum atomic E-state index is -0.0907. The molecule has 2 unspecified atom stereocenters. The Morgan fingerprint density at radius 1 is 1.29 bits per heavy atom. The molecule has 1 aromatic carbocycles. The first-order chi connectivity index (χ1) is 10.2. The second-order valence-corrected chi connectivity index (χ2v) is 6.34. The molecule has 0 spiro atoms.